The Balaban J connectivity index is 1.64. The summed E-state index contributed by atoms with van der Waals surface area (Å²) in [6.45, 7) is 3.63. The molecule has 1 fully saturated rings. The van der Waals surface area contributed by atoms with Crippen LogP contribution in [0.15, 0.2) is 41.8 Å². The molecule has 1 atom stereocenters. The van der Waals surface area contributed by atoms with Gasteiger partial charge in [0.2, 0.25) is 5.91 Å². The number of carbonyl (C=O) groups excluding carboxylic acids is 3. The van der Waals surface area contributed by atoms with Crippen LogP contribution in [0, 0.1) is 5.92 Å². The van der Waals surface area contributed by atoms with Crippen LogP contribution >= 0.6 is 22.9 Å². The molecule has 1 aromatic carbocycles. The molecule has 3 rings (SSSR count). The summed E-state index contributed by atoms with van der Waals surface area (Å²) in [6, 6.07) is 9.80. The van der Waals surface area contributed by atoms with Crippen molar-refractivity contribution in [2.24, 2.45) is 5.92 Å². The largest absolute Gasteiger partial charge is 0.354 e. The Labute approximate surface area is 185 Å². The number of piperidine rings is 1. The highest BCUT2D eigenvalue weighted by Crippen LogP contribution is 2.23. The molecular formula is C22H26ClN3O3S. The standard InChI is InChI=1S/C22H26ClN3O3S/c1-2-11-24-21(28)19(25-20(27)18-4-3-14-30-18)15-9-12-26(13-10-15)22(29)16-5-7-17(23)8-6-16/h3-8,14-15,19H,2,9-13H2,1H3,(H,24,28)(H,25,27)/t19-/m1/s1. The second-order valence-corrected chi connectivity index (χ2v) is 8.74. The van der Waals surface area contributed by atoms with E-state index in [1.807, 2.05) is 18.4 Å². The highest BCUT2D eigenvalue weighted by atomic mass is 35.5. The molecule has 160 valence electrons. The second-order valence-electron chi connectivity index (χ2n) is 7.36. The lowest BCUT2D eigenvalue weighted by molar-refractivity contribution is -0.124. The van der Waals surface area contributed by atoms with Gasteiger partial charge >= 0.3 is 0 Å². The lowest BCUT2D eigenvalue weighted by atomic mass is 9.88. The minimum absolute atomic E-state index is 0.0277. The summed E-state index contributed by atoms with van der Waals surface area (Å²) >= 11 is 7.25. The Morgan fingerprint density at radius 1 is 1.17 bits per heavy atom. The molecule has 0 radical (unpaired) electrons. The van der Waals surface area contributed by atoms with E-state index in [9.17, 15) is 14.4 Å². The van der Waals surface area contributed by atoms with E-state index in [2.05, 4.69) is 10.6 Å². The van der Waals surface area contributed by atoms with Gasteiger partial charge in [0, 0.05) is 30.2 Å². The Kier molecular flexibility index (Phi) is 7.87. The third-order valence-electron chi connectivity index (χ3n) is 5.25. The predicted octanol–water partition coefficient (Wildman–Crippen LogP) is 3.58. The SMILES string of the molecule is CCCNC(=O)[C@H](NC(=O)c1cccs1)C1CCN(C(=O)c2ccc(Cl)cc2)CC1. The molecule has 3 amide bonds. The van der Waals surface area contributed by atoms with E-state index in [4.69, 9.17) is 11.6 Å². The van der Waals surface area contributed by atoms with Crippen LogP contribution in [0.2, 0.25) is 5.02 Å². The molecular weight excluding hydrogens is 422 g/mol. The van der Waals surface area contributed by atoms with Gasteiger partial charge in [0.05, 0.1) is 4.88 Å². The van der Waals surface area contributed by atoms with Crippen LogP contribution in [0.5, 0.6) is 0 Å². The fourth-order valence-electron chi connectivity index (χ4n) is 3.59. The van der Waals surface area contributed by atoms with Gasteiger partial charge in [-0.05, 0) is 60.9 Å². The van der Waals surface area contributed by atoms with Gasteiger partial charge in [-0.3, -0.25) is 14.4 Å². The van der Waals surface area contributed by atoms with E-state index in [0.717, 1.165) is 6.42 Å². The number of hydrogen-bond donors (Lipinski definition) is 2. The Hall–Kier alpha value is -2.38. The highest BCUT2D eigenvalue weighted by Gasteiger charge is 2.34. The summed E-state index contributed by atoms with van der Waals surface area (Å²) in [5.74, 6) is -0.467. The number of rotatable bonds is 7. The molecule has 2 N–H and O–H groups in total. The average molecular weight is 448 g/mol. The van der Waals surface area contributed by atoms with Crippen LogP contribution in [-0.2, 0) is 4.79 Å². The van der Waals surface area contributed by atoms with Crippen LogP contribution in [0.1, 0.15) is 46.2 Å². The van der Waals surface area contributed by atoms with Gasteiger partial charge in [0.15, 0.2) is 0 Å². The normalized spacial score (nSPS) is 15.5. The van der Waals surface area contributed by atoms with Crippen LogP contribution in [0.4, 0.5) is 0 Å². The topological polar surface area (TPSA) is 78.5 Å². The van der Waals surface area contributed by atoms with Crippen molar-refractivity contribution in [2.45, 2.75) is 32.2 Å². The van der Waals surface area contributed by atoms with Gasteiger partial charge in [-0.1, -0.05) is 24.6 Å². The summed E-state index contributed by atoms with van der Waals surface area (Å²) < 4.78 is 0. The van der Waals surface area contributed by atoms with Crippen LogP contribution in [0.25, 0.3) is 0 Å². The highest BCUT2D eigenvalue weighted by molar-refractivity contribution is 7.12. The Bertz CT molecular complexity index is 862. The molecule has 30 heavy (non-hydrogen) atoms. The fourth-order valence-corrected chi connectivity index (χ4v) is 4.34. The van der Waals surface area contributed by atoms with Crippen molar-refractivity contribution in [2.75, 3.05) is 19.6 Å². The first-order valence-electron chi connectivity index (χ1n) is 10.2. The first-order valence-corrected chi connectivity index (χ1v) is 11.4. The maximum atomic E-state index is 12.8. The van der Waals surface area contributed by atoms with Gasteiger partial charge in [0.25, 0.3) is 11.8 Å². The van der Waals surface area contributed by atoms with E-state index in [1.54, 1.807) is 35.2 Å². The minimum Gasteiger partial charge on any atom is -0.354 e. The van der Waals surface area contributed by atoms with Crippen molar-refractivity contribution in [3.05, 3.63) is 57.2 Å². The lowest BCUT2D eigenvalue weighted by Gasteiger charge is -2.35. The molecule has 0 aliphatic carbocycles. The molecule has 0 bridgehead atoms. The first kappa shape index (κ1) is 22.3. The van der Waals surface area contributed by atoms with Crippen molar-refractivity contribution in [3.63, 3.8) is 0 Å². The molecule has 1 aliphatic rings. The molecule has 6 nitrogen and oxygen atoms in total. The van der Waals surface area contributed by atoms with E-state index < -0.39 is 6.04 Å². The van der Waals surface area contributed by atoms with E-state index in [-0.39, 0.29) is 23.6 Å². The molecule has 8 heteroatoms. The van der Waals surface area contributed by atoms with Gasteiger partial charge in [-0.2, -0.15) is 0 Å². The van der Waals surface area contributed by atoms with Crippen molar-refractivity contribution >= 4 is 40.7 Å². The van der Waals surface area contributed by atoms with Gasteiger partial charge < -0.3 is 15.5 Å². The van der Waals surface area contributed by atoms with Crippen LogP contribution < -0.4 is 10.6 Å². The molecule has 1 aliphatic heterocycles. The second kappa shape index (κ2) is 10.6. The van der Waals surface area contributed by atoms with Gasteiger partial charge in [0.1, 0.15) is 6.04 Å². The monoisotopic (exact) mass is 447 g/mol. The summed E-state index contributed by atoms with van der Waals surface area (Å²) in [4.78, 5) is 40.4. The predicted molar refractivity (Wildman–Crippen MR) is 119 cm³/mol. The molecule has 1 aromatic heterocycles. The minimum atomic E-state index is -0.612. The zero-order valence-corrected chi connectivity index (χ0v) is 18.5. The average Bonchev–Trinajstić information content (AvgIpc) is 3.31. The number of nitrogens with zero attached hydrogens (tertiary/aromatic N) is 1. The molecule has 2 heterocycles. The zero-order valence-electron chi connectivity index (χ0n) is 16.9. The number of nitrogens with one attached hydrogen (secondary N) is 2. The van der Waals surface area contributed by atoms with Crippen molar-refractivity contribution < 1.29 is 14.4 Å². The van der Waals surface area contributed by atoms with Crippen molar-refractivity contribution in [3.8, 4) is 0 Å². The van der Waals surface area contributed by atoms with Gasteiger partial charge in [-0.15, -0.1) is 11.3 Å². The van der Waals surface area contributed by atoms with Gasteiger partial charge in [-0.25, -0.2) is 0 Å². The number of benzene rings is 1. The van der Waals surface area contributed by atoms with E-state index in [0.29, 0.717) is 47.9 Å². The van der Waals surface area contributed by atoms with Crippen LogP contribution in [0.3, 0.4) is 0 Å². The number of amides is 3. The lowest BCUT2D eigenvalue weighted by Crippen LogP contribution is -2.53. The summed E-state index contributed by atoms with van der Waals surface area (Å²) in [5, 5.41) is 8.25. The Morgan fingerprint density at radius 3 is 2.47 bits per heavy atom. The molecule has 2 aromatic rings. The van der Waals surface area contributed by atoms with Crippen molar-refractivity contribution in [1.29, 1.82) is 0 Å². The van der Waals surface area contributed by atoms with Crippen LogP contribution in [-0.4, -0.2) is 48.3 Å². The zero-order chi connectivity index (χ0) is 21.5. The van der Waals surface area contributed by atoms with Crippen molar-refractivity contribution in [1.82, 2.24) is 15.5 Å². The first-order chi connectivity index (χ1) is 14.5. The smallest absolute Gasteiger partial charge is 0.262 e. The molecule has 0 saturated carbocycles. The number of thiophene rings is 1. The summed E-state index contributed by atoms with van der Waals surface area (Å²) in [7, 11) is 0. The maximum absolute atomic E-state index is 12.8. The molecule has 0 unspecified atom stereocenters. The third-order valence-corrected chi connectivity index (χ3v) is 6.37. The third kappa shape index (κ3) is 5.61. The number of hydrogen-bond acceptors (Lipinski definition) is 4. The Morgan fingerprint density at radius 2 is 1.87 bits per heavy atom. The number of halogens is 1. The summed E-state index contributed by atoms with van der Waals surface area (Å²) in [5.41, 5.74) is 0.598. The van der Waals surface area contributed by atoms with E-state index in [1.165, 1.54) is 11.3 Å². The van der Waals surface area contributed by atoms with E-state index >= 15 is 0 Å². The molecule has 1 saturated heterocycles. The number of likely N-dealkylation sites (tertiary alicyclic amines) is 1. The summed E-state index contributed by atoms with van der Waals surface area (Å²) in [6.07, 6.45) is 2.12. The quantitative estimate of drug-likeness (QED) is 0.680. The molecule has 0 spiro atoms. The maximum Gasteiger partial charge on any atom is 0.262 e. The fraction of sp³-hybridized carbons (Fsp3) is 0.409. The number of carbonyl (C=O) groups is 3.